The van der Waals surface area contributed by atoms with E-state index < -0.39 is 5.97 Å². The van der Waals surface area contributed by atoms with Crippen LogP contribution in [0.3, 0.4) is 0 Å². The minimum atomic E-state index is -0.928. The number of carbonyl (C=O) groups is 1. The molecule has 0 aliphatic carbocycles. The lowest BCUT2D eigenvalue weighted by molar-refractivity contribution is -0.133. The number of aryl methyl sites for hydroxylation is 1. The molecule has 2 N–H and O–H groups in total. The van der Waals surface area contributed by atoms with Gasteiger partial charge in [-0.25, -0.2) is 0 Å². The van der Waals surface area contributed by atoms with Crippen LogP contribution in [0.5, 0.6) is 0 Å². The van der Waals surface area contributed by atoms with Gasteiger partial charge in [0, 0.05) is 13.2 Å². The standard InChI is InChI=1S/C10H13N5O3S/c1-14-3-2-7(13-14)4-15-8(5-16)11-12-10(15)19-6-9(17)18/h2-3,16H,4-6H2,1H3,(H,17,18). The molecule has 0 amide bonds. The first-order valence-corrected chi connectivity index (χ1v) is 6.44. The summed E-state index contributed by atoms with van der Waals surface area (Å²) in [6, 6.07) is 1.84. The second-order valence-corrected chi connectivity index (χ2v) is 4.75. The highest BCUT2D eigenvalue weighted by atomic mass is 32.2. The fourth-order valence-electron chi connectivity index (χ4n) is 1.54. The van der Waals surface area contributed by atoms with Crippen LogP contribution in [-0.2, 0) is 25.0 Å². The molecule has 2 aromatic rings. The van der Waals surface area contributed by atoms with Crippen molar-refractivity contribution in [2.24, 2.45) is 7.05 Å². The van der Waals surface area contributed by atoms with Crippen LogP contribution in [0.25, 0.3) is 0 Å². The molecule has 8 nitrogen and oxygen atoms in total. The van der Waals surface area contributed by atoms with Gasteiger partial charge in [0.05, 0.1) is 18.0 Å². The van der Waals surface area contributed by atoms with Crippen molar-refractivity contribution in [1.82, 2.24) is 24.5 Å². The third-order valence-electron chi connectivity index (χ3n) is 2.35. The van der Waals surface area contributed by atoms with E-state index in [0.29, 0.717) is 17.5 Å². The molecule has 2 rings (SSSR count). The fraction of sp³-hybridized carbons (Fsp3) is 0.400. The number of thioether (sulfide) groups is 1. The van der Waals surface area contributed by atoms with Crippen LogP contribution in [0, 0.1) is 0 Å². The summed E-state index contributed by atoms with van der Waals surface area (Å²) >= 11 is 1.06. The molecule has 2 aromatic heterocycles. The molecule has 0 fully saturated rings. The monoisotopic (exact) mass is 283 g/mol. The number of aliphatic hydroxyl groups is 1. The van der Waals surface area contributed by atoms with Gasteiger partial charge in [0.25, 0.3) is 0 Å². The predicted octanol–water partition coefficient (Wildman–Crippen LogP) is -0.271. The van der Waals surface area contributed by atoms with E-state index in [2.05, 4.69) is 15.3 Å². The lowest BCUT2D eigenvalue weighted by Gasteiger charge is -2.06. The minimum absolute atomic E-state index is 0.105. The van der Waals surface area contributed by atoms with Gasteiger partial charge in [-0.05, 0) is 6.07 Å². The second kappa shape index (κ2) is 5.85. The van der Waals surface area contributed by atoms with E-state index in [1.807, 2.05) is 19.3 Å². The Kier molecular flexibility index (Phi) is 4.17. The van der Waals surface area contributed by atoms with Crippen LogP contribution in [0.1, 0.15) is 11.5 Å². The summed E-state index contributed by atoms with van der Waals surface area (Å²) in [6.07, 6.45) is 1.81. The quantitative estimate of drug-likeness (QED) is 0.703. The number of hydrogen-bond acceptors (Lipinski definition) is 6. The summed E-state index contributed by atoms with van der Waals surface area (Å²) in [5, 5.41) is 30.3. The minimum Gasteiger partial charge on any atom is -0.481 e. The first kappa shape index (κ1) is 13.6. The van der Waals surface area contributed by atoms with Crippen LogP contribution in [0.2, 0.25) is 0 Å². The Labute approximate surface area is 113 Å². The lowest BCUT2D eigenvalue weighted by Crippen LogP contribution is -2.08. The SMILES string of the molecule is Cn1ccc(Cn2c(CO)nnc2SCC(=O)O)n1. The number of aliphatic hydroxyl groups excluding tert-OH is 1. The number of hydrogen-bond donors (Lipinski definition) is 2. The molecule has 102 valence electrons. The highest BCUT2D eigenvalue weighted by Gasteiger charge is 2.14. The molecule has 0 saturated carbocycles. The van der Waals surface area contributed by atoms with Crippen molar-refractivity contribution in [3.63, 3.8) is 0 Å². The highest BCUT2D eigenvalue weighted by Crippen LogP contribution is 2.18. The lowest BCUT2D eigenvalue weighted by atomic mass is 10.4. The van der Waals surface area contributed by atoms with E-state index in [9.17, 15) is 9.90 Å². The summed E-state index contributed by atoms with van der Waals surface area (Å²) in [5.41, 5.74) is 0.786. The molecule has 0 aromatic carbocycles. The van der Waals surface area contributed by atoms with E-state index in [1.54, 1.807) is 9.25 Å². The third-order valence-corrected chi connectivity index (χ3v) is 3.30. The average Bonchev–Trinajstić information content (AvgIpc) is 2.94. The van der Waals surface area contributed by atoms with E-state index in [0.717, 1.165) is 17.5 Å². The predicted molar refractivity (Wildman–Crippen MR) is 66.6 cm³/mol. The zero-order valence-electron chi connectivity index (χ0n) is 10.2. The number of carboxylic acid groups (broad SMARTS) is 1. The zero-order chi connectivity index (χ0) is 13.8. The Hall–Kier alpha value is -1.87. The Morgan fingerprint density at radius 2 is 2.26 bits per heavy atom. The molecule has 0 saturated heterocycles. The Bertz CT molecular complexity index is 579. The topological polar surface area (TPSA) is 106 Å². The molecule has 0 bridgehead atoms. The first-order chi connectivity index (χ1) is 9.10. The van der Waals surface area contributed by atoms with Crippen LogP contribution in [0.15, 0.2) is 17.4 Å². The van der Waals surface area contributed by atoms with Gasteiger partial charge >= 0.3 is 5.97 Å². The molecule has 0 atom stereocenters. The van der Waals surface area contributed by atoms with Gasteiger partial charge in [-0.3, -0.25) is 14.0 Å². The normalized spacial score (nSPS) is 10.8. The van der Waals surface area contributed by atoms with Gasteiger partial charge in [0.1, 0.15) is 6.61 Å². The zero-order valence-corrected chi connectivity index (χ0v) is 11.0. The molecule has 0 aliphatic rings. The summed E-state index contributed by atoms with van der Waals surface area (Å²) in [5.74, 6) is -0.646. The molecule has 9 heteroatoms. The van der Waals surface area contributed by atoms with Gasteiger partial charge in [0.2, 0.25) is 0 Å². The van der Waals surface area contributed by atoms with Gasteiger partial charge in [-0.2, -0.15) is 5.10 Å². The number of nitrogens with zero attached hydrogens (tertiary/aromatic N) is 5. The average molecular weight is 283 g/mol. The molecule has 2 heterocycles. The third kappa shape index (κ3) is 3.32. The van der Waals surface area contributed by atoms with Crippen LogP contribution in [-0.4, -0.2) is 46.5 Å². The van der Waals surface area contributed by atoms with E-state index in [1.165, 1.54) is 0 Å². The molecular weight excluding hydrogens is 270 g/mol. The summed E-state index contributed by atoms with van der Waals surface area (Å²) in [6.45, 7) is 0.138. The fourth-order valence-corrected chi connectivity index (χ4v) is 2.21. The Morgan fingerprint density at radius 3 is 2.84 bits per heavy atom. The molecule has 0 spiro atoms. The molecule has 0 aliphatic heterocycles. The van der Waals surface area contributed by atoms with Crippen molar-refractivity contribution in [3.8, 4) is 0 Å². The van der Waals surface area contributed by atoms with Crippen LogP contribution >= 0.6 is 11.8 Å². The summed E-state index contributed by atoms with van der Waals surface area (Å²) in [4.78, 5) is 10.6. The maximum atomic E-state index is 10.6. The van der Waals surface area contributed by atoms with Gasteiger partial charge in [0.15, 0.2) is 11.0 Å². The number of aromatic nitrogens is 5. The van der Waals surface area contributed by atoms with Gasteiger partial charge < -0.3 is 10.2 Å². The van der Waals surface area contributed by atoms with Crippen molar-refractivity contribution < 1.29 is 15.0 Å². The largest absolute Gasteiger partial charge is 0.481 e. The van der Waals surface area contributed by atoms with Crippen molar-refractivity contribution in [1.29, 1.82) is 0 Å². The number of rotatable bonds is 6. The Morgan fingerprint density at radius 1 is 1.47 bits per heavy atom. The molecule has 0 unspecified atom stereocenters. The number of aliphatic carboxylic acids is 1. The Balaban J connectivity index is 2.20. The van der Waals surface area contributed by atoms with E-state index in [-0.39, 0.29) is 12.4 Å². The number of carboxylic acids is 1. The van der Waals surface area contributed by atoms with Gasteiger partial charge in [-0.1, -0.05) is 11.8 Å². The molecular formula is C10H13N5O3S. The van der Waals surface area contributed by atoms with E-state index in [4.69, 9.17) is 5.11 Å². The second-order valence-electron chi connectivity index (χ2n) is 3.81. The smallest absolute Gasteiger partial charge is 0.313 e. The van der Waals surface area contributed by atoms with Gasteiger partial charge in [-0.15, -0.1) is 10.2 Å². The summed E-state index contributed by atoms with van der Waals surface area (Å²) in [7, 11) is 1.81. The van der Waals surface area contributed by atoms with Crippen molar-refractivity contribution in [3.05, 3.63) is 23.8 Å². The van der Waals surface area contributed by atoms with Crippen LogP contribution < -0.4 is 0 Å². The van der Waals surface area contributed by atoms with Crippen LogP contribution in [0.4, 0.5) is 0 Å². The highest BCUT2D eigenvalue weighted by molar-refractivity contribution is 7.99. The molecule has 19 heavy (non-hydrogen) atoms. The van der Waals surface area contributed by atoms with Crippen molar-refractivity contribution in [2.75, 3.05) is 5.75 Å². The maximum absolute atomic E-state index is 10.6. The first-order valence-electron chi connectivity index (χ1n) is 5.46. The maximum Gasteiger partial charge on any atom is 0.313 e. The van der Waals surface area contributed by atoms with Crippen molar-refractivity contribution >= 4 is 17.7 Å². The van der Waals surface area contributed by atoms with E-state index >= 15 is 0 Å². The van der Waals surface area contributed by atoms with Crippen molar-refractivity contribution in [2.45, 2.75) is 18.3 Å². The summed E-state index contributed by atoms with van der Waals surface area (Å²) < 4.78 is 3.33. The molecule has 0 radical (unpaired) electrons.